The Hall–Kier alpha value is -1.16. The topological polar surface area (TPSA) is 54.9 Å². The van der Waals surface area contributed by atoms with Crippen LogP contribution in [0.5, 0.6) is 0 Å². The first-order valence-corrected chi connectivity index (χ1v) is 3.98. The van der Waals surface area contributed by atoms with Crippen LogP contribution < -0.4 is 5.32 Å². The average Bonchev–Trinajstić information content (AvgIpc) is 2.06. The van der Waals surface area contributed by atoms with Crippen LogP contribution in [0.1, 0.15) is 6.42 Å². The zero-order valence-corrected chi connectivity index (χ0v) is 7.08. The van der Waals surface area contributed by atoms with Crippen LogP contribution in [0.3, 0.4) is 0 Å². The number of hydrogen-bond acceptors (Lipinski definition) is 3. The van der Waals surface area contributed by atoms with E-state index in [1.165, 1.54) is 6.33 Å². The van der Waals surface area contributed by atoms with Crippen molar-refractivity contribution in [2.75, 3.05) is 11.2 Å². The Morgan fingerprint density at radius 1 is 1.67 bits per heavy atom. The number of alkyl halides is 1. The normalized spacial score (nSPS) is 9.42. The molecule has 1 amide bonds. The van der Waals surface area contributed by atoms with Gasteiger partial charge in [0.05, 0.1) is 0 Å². The first-order valence-electron chi connectivity index (χ1n) is 3.45. The molecule has 0 unspecified atom stereocenters. The number of halogens is 1. The minimum absolute atomic E-state index is 0.135. The quantitative estimate of drug-likeness (QED) is 0.716. The van der Waals surface area contributed by atoms with Crippen LogP contribution in [0.4, 0.5) is 5.82 Å². The first-order chi connectivity index (χ1) is 5.83. The van der Waals surface area contributed by atoms with Gasteiger partial charge in [-0.1, -0.05) is 0 Å². The van der Waals surface area contributed by atoms with Crippen LogP contribution in [0.15, 0.2) is 18.6 Å². The summed E-state index contributed by atoms with van der Waals surface area (Å²) in [4.78, 5) is 18.5. The molecule has 0 bridgehead atoms. The molecule has 1 N–H and O–H groups in total. The summed E-state index contributed by atoms with van der Waals surface area (Å²) in [5, 5.41) is 2.57. The van der Waals surface area contributed by atoms with Gasteiger partial charge in [0.1, 0.15) is 12.1 Å². The fraction of sp³-hybridized carbons (Fsp3) is 0.286. The van der Waals surface area contributed by atoms with Gasteiger partial charge in [0, 0.05) is 18.5 Å². The zero-order valence-electron chi connectivity index (χ0n) is 6.33. The van der Waals surface area contributed by atoms with Gasteiger partial charge < -0.3 is 5.32 Å². The smallest absolute Gasteiger partial charge is 0.226 e. The number of amides is 1. The highest BCUT2D eigenvalue weighted by Crippen LogP contribution is 1.98. The Morgan fingerprint density at radius 2 is 2.50 bits per heavy atom. The highest BCUT2D eigenvalue weighted by molar-refractivity contribution is 6.19. The number of hydrogen-bond donors (Lipinski definition) is 1. The number of rotatable bonds is 3. The molecule has 5 heteroatoms. The fourth-order valence-corrected chi connectivity index (χ4v) is 0.827. The zero-order chi connectivity index (χ0) is 8.81. The lowest BCUT2D eigenvalue weighted by molar-refractivity contribution is -0.115. The summed E-state index contributed by atoms with van der Waals surface area (Å²) in [6.07, 6.45) is 3.23. The summed E-state index contributed by atoms with van der Waals surface area (Å²) in [5.74, 6) is 0.681. The summed E-state index contributed by atoms with van der Waals surface area (Å²) < 4.78 is 0. The van der Waals surface area contributed by atoms with Crippen molar-refractivity contribution < 1.29 is 4.79 Å². The molecule has 0 aliphatic carbocycles. The predicted octanol–water partition coefficient (Wildman–Crippen LogP) is 1.04. The number of carbonyl (C=O) groups excluding carboxylic acids is 1. The van der Waals surface area contributed by atoms with E-state index in [2.05, 4.69) is 15.3 Å². The summed E-state index contributed by atoms with van der Waals surface area (Å²) in [6, 6.07) is 1.62. The van der Waals surface area contributed by atoms with Gasteiger partial charge in [-0.15, -0.1) is 11.6 Å². The van der Waals surface area contributed by atoms with Crippen LogP contribution in [0.2, 0.25) is 0 Å². The van der Waals surface area contributed by atoms with Gasteiger partial charge >= 0.3 is 0 Å². The van der Waals surface area contributed by atoms with E-state index < -0.39 is 0 Å². The second kappa shape index (κ2) is 4.66. The lowest BCUT2D eigenvalue weighted by Crippen LogP contribution is -2.12. The fourth-order valence-electron chi connectivity index (χ4n) is 0.656. The van der Waals surface area contributed by atoms with Crippen molar-refractivity contribution in [2.45, 2.75) is 6.42 Å². The summed E-state index contributed by atoms with van der Waals surface area (Å²) >= 11 is 5.37. The molecule has 0 spiro atoms. The van der Waals surface area contributed by atoms with Crippen molar-refractivity contribution in [1.29, 1.82) is 0 Å². The minimum Gasteiger partial charge on any atom is -0.311 e. The molecule has 4 nitrogen and oxygen atoms in total. The maximum atomic E-state index is 11.0. The van der Waals surface area contributed by atoms with Gasteiger partial charge in [0.25, 0.3) is 0 Å². The standard InChI is InChI=1S/C7H8ClN3O/c8-3-1-7(12)11-6-2-4-9-5-10-6/h2,4-5H,1,3H2,(H,9,10,11,12). The van der Waals surface area contributed by atoms with E-state index in [-0.39, 0.29) is 5.91 Å². The molecule has 0 fully saturated rings. The Balaban J connectivity index is 2.47. The van der Waals surface area contributed by atoms with Crippen molar-refractivity contribution in [3.8, 4) is 0 Å². The highest BCUT2D eigenvalue weighted by atomic mass is 35.5. The van der Waals surface area contributed by atoms with Crippen molar-refractivity contribution in [2.24, 2.45) is 0 Å². The second-order valence-electron chi connectivity index (χ2n) is 2.08. The number of carbonyl (C=O) groups is 1. The maximum absolute atomic E-state index is 11.0. The monoisotopic (exact) mass is 185 g/mol. The molecular weight excluding hydrogens is 178 g/mol. The molecule has 0 atom stereocenters. The lowest BCUT2D eigenvalue weighted by atomic mass is 10.4. The van der Waals surface area contributed by atoms with Crippen LogP contribution in [-0.4, -0.2) is 21.8 Å². The number of nitrogens with one attached hydrogen (secondary N) is 1. The molecule has 12 heavy (non-hydrogen) atoms. The molecule has 1 aromatic rings. The molecule has 0 saturated carbocycles. The Kier molecular flexibility index (Phi) is 3.47. The van der Waals surface area contributed by atoms with E-state index in [9.17, 15) is 4.79 Å². The number of nitrogens with zero attached hydrogens (tertiary/aromatic N) is 2. The Bertz CT molecular complexity index is 252. The number of anilines is 1. The molecule has 1 aromatic heterocycles. The third-order valence-electron chi connectivity index (χ3n) is 1.17. The molecule has 1 rings (SSSR count). The first kappa shape index (κ1) is 8.93. The van der Waals surface area contributed by atoms with Gasteiger partial charge in [-0.2, -0.15) is 0 Å². The Labute approximate surface area is 75.0 Å². The molecule has 0 aliphatic heterocycles. The highest BCUT2D eigenvalue weighted by Gasteiger charge is 2.00. The van der Waals surface area contributed by atoms with Crippen molar-refractivity contribution in [3.05, 3.63) is 18.6 Å². The molecule has 64 valence electrons. The largest absolute Gasteiger partial charge is 0.311 e. The van der Waals surface area contributed by atoms with Gasteiger partial charge in [-0.05, 0) is 6.07 Å². The SMILES string of the molecule is O=C(CCCl)Nc1ccncn1. The van der Waals surface area contributed by atoms with Crippen molar-refractivity contribution >= 4 is 23.3 Å². The maximum Gasteiger partial charge on any atom is 0.226 e. The third-order valence-corrected chi connectivity index (χ3v) is 1.36. The van der Waals surface area contributed by atoms with Crippen molar-refractivity contribution in [1.82, 2.24) is 9.97 Å². The van der Waals surface area contributed by atoms with Gasteiger partial charge in [0.15, 0.2) is 0 Å². The summed E-state index contributed by atoms with van der Waals surface area (Å²) in [7, 11) is 0. The van der Waals surface area contributed by atoms with Crippen LogP contribution in [-0.2, 0) is 4.79 Å². The minimum atomic E-state index is -0.135. The second-order valence-corrected chi connectivity index (χ2v) is 2.46. The molecule has 0 aromatic carbocycles. The Morgan fingerprint density at radius 3 is 3.08 bits per heavy atom. The van der Waals surface area contributed by atoms with E-state index in [4.69, 9.17) is 11.6 Å². The van der Waals surface area contributed by atoms with Crippen LogP contribution in [0, 0.1) is 0 Å². The summed E-state index contributed by atoms with van der Waals surface area (Å²) in [5.41, 5.74) is 0. The van der Waals surface area contributed by atoms with Crippen molar-refractivity contribution in [3.63, 3.8) is 0 Å². The lowest BCUT2D eigenvalue weighted by Gasteiger charge is -2.00. The molecule has 0 aliphatic rings. The predicted molar refractivity (Wildman–Crippen MR) is 46.0 cm³/mol. The summed E-state index contributed by atoms with van der Waals surface area (Å²) in [6.45, 7) is 0. The molecular formula is C7H8ClN3O. The van der Waals surface area contributed by atoms with Crippen LogP contribution in [0.25, 0.3) is 0 Å². The molecule has 1 heterocycles. The van der Waals surface area contributed by atoms with Gasteiger partial charge in [0.2, 0.25) is 5.91 Å². The van der Waals surface area contributed by atoms with Gasteiger partial charge in [-0.3, -0.25) is 4.79 Å². The molecule has 0 saturated heterocycles. The van der Waals surface area contributed by atoms with E-state index in [1.54, 1.807) is 12.3 Å². The van der Waals surface area contributed by atoms with E-state index >= 15 is 0 Å². The van der Waals surface area contributed by atoms with E-state index in [1.807, 2.05) is 0 Å². The third kappa shape index (κ3) is 2.84. The number of aromatic nitrogens is 2. The van der Waals surface area contributed by atoms with Crippen LogP contribution >= 0.6 is 11.6 Å². The van der Waals surface area contributed by atoms with E-state index in [0.717, 1.165) is 0 Å². The molecule has 0 radical (unpaired) electrons. The average molecular weight is 186 g/mol. The van der Waals surface area contributed by atoms with E-state index in [0.29, 0.717) is 18.1 Å². The van der Waals surface area contributed by atoms with Gasteiger partial charge in [-0.25, -0.2) is 9.97 Å².